The van der Waals surface area contributed by atoms with Crippen LogP contribution in [-0.2, 0) is 21.2 Å². The van der Waals surface area contributed by atoms with Crippen molar-refractivity contribution in [2.45, 2.75) is 37.2 Å². The number of hydrogen-bond donors (Lipinski definition) is 3. The Morgan fingerprint density at radius 2 is 1.62 bits per heavy atom. The van der Waals surface area contributed by atoms with E-state index in [2.05, 4.69) is 10.0 Å². The van der Waals surface area contributed by atoms with Gasteiger partial charge in [-0.25, -0.2) is 13.1 Å². The first-order chi connectivity index (χ1) is 11.8. The van der Waals surface area contributed by atoms with Gasteiger partial charge in [-0.3, -0.25) is 4.79 Å². The summed E-state index contributed by atoms with van der Waals surface area (Å²) in [6.45, 7) is 3.50. The smallest absolute Gasteiger partial charge is 0.241 e. The Hall–Kier alpha value is -1.93. The number of halogens is 1. The van der Waals surface area contributed by atoms with E-state index < -0.39 is 16.1 Å². The molecule has 0 saturated heterocycles. The first-order valence-electron chi connectivity index (χ1n) is 8.00. The van der Waals surface area contributed by atoms with Gasteiger partial charge in [0.25, 0.3) is 0 Å². The number of rotatable bonds is 7. The average molecular weight is 398 g/mol. The van der Waals surface area contributed by atoms with Crippen LogP contribution in [0.15, 0.2) is 59.5 Å². The molecule has 142 valence electrons. The van der Waals surface area contributed by atoms with Crippen LogP contribution in [0.5, 0.6) is 0 Å². The van der Waals surface area contributed by atoms with Gasteiger partial charge in [-0.1, -0.05) is 30.3 Å². The second-order valence-electron chi connectivity index (χ2n) is 6.09. The van der Waals surface area contributed by atoms with Crippen molar-refractivity contribution in [3.8, 4) is 0 Å². The lowest BCUT2D eigenvalue weighted by atomic mass is 10.1. The van der Waals surface area contributed by atoms with E-state index in [-0.39, 0.29) is 29.3 Å². The standard InChI is InChI=1S/C18H23N3O3S.ClH/c1-13(2)21-25(23,24)16-10-8-15(9-11-16)20-18(22)17(19)12-14-6-4-3-5-7-14;/h3-11,13,17,21H,12,19H2,1-2H3,(H,20,22);1H/t17-;/m0./s1. The van der Waals surface area contributed by atoms with Crippen molar-refractivity contribution in [1.82, 2.24) is 4.72 Å². The van der Waals surface area contributed by atoms with Crippen LogP contribution in [0.4, 0.5) is 5.69 Å². The topological polar surface area (TPSA) is 101 Å². The number of nitrogens with one attached hydrogen (secondary N) is 2. The Morgan fingerprint density at radius 1 is 1.04 bits per heavy atom. The van der Waals surface area contributed by atoms with Gasteiger partial charge in [0.15, 0.2) is 0 Å². The average Bonchev–Trinajstić information content (AvgIpc) is 2.55. The Kier molecular flexibility index (Phi) is 8.23. The van der Waals surface area contributed by atoms with E-state index in [0.29, 0.717) is 12.1 Å². The summed E-state index contributed by atoms with van der Waals surface area (Å²) < 4.78 is 26.6. The van der Waals surface area contributed by atoms with Crippen LogP contribution in [0.3, 0.4) is 0 Å². The molecule has 1 amide bonds. The third kappa shape index (κ3) is 6.42. The SMILES string of the molecule is CC(C)NS(=O)(=O)c1ccc(NC(=O)[C@@H](N)Cc2ccccc2)cc1.Cl. The summed E-state index contributed by atoms with van der Waals surface area (Å²) in [7, 11) is -3.55. The van der Waals surface area contributed by atoms with Gasteiger partial charge in [0.05, 0.1) is 10.9 Å². The summed E-state index contributed by atoms with van der Waals surface area (Å²) in [6, 6.07) is 14.6. The minimum Gasteiger partial charge on any atom is -0.325 e. The number of sulfonamides is 1. The van der Waals surface area contributed by atoms with E-state index in [1.807, 2.05) is 30.3 Å². The van der Waals surface area contributed by atoms with Gasteiger partial charge in [0.1, 0.15) is 0 Å². The molecular weight excluding hydrogens is 374 g/mol. The molecule has 1 atom stereocenters. The highest BCUT2D eigenvalue weighted by Crippen LogP contribution is 2.15. The molecular formula is C18H24ClN3O3S. The molecule has 0 aliphatic heterocycles. The molecule has 4 N–H and O–H groups in total. The molecule has 0 aromatic heterocycles. The summed E-state index contributed by atoms with van der Waals surface area (Å²) in [5.74, 6) is -0.320. The number of hydrogen-bond acceptors (Lipinski definition) is 4. The van der Waals surface area contributed by atoms with Crippen LogP contribution in [0.25, 0.3) is 0 Å². The van der Waals surface area contributed by atoms with Gasteiger partial charge >= 0.3 is 0 Å². The van der Waals surface area contributed by atoms with E-state index in [1.54, 1.807) is 26.0 Å². The molecule has 0 spiro atoms. The predicted octanol–water partition coefficient (Wildman–Crippen LogP) is 2.30. The van der Waals surface area contributed by atoms with Crippen molar-refractivity contribution in [1.29, 1.82) is 0 Å². The fourth-order valence-corrected chi connectivity index (χ4v) is 3.54. The molecule has 8 heteroatoms. The van der Waals surface area contributed by atoms with E-state index >= 15 is 0 Å². The second-order valence-corrected chi connectivity index (χ2v) is 7.80. The lowest BCUT2D eigenvalue weighted by Gasteiger charge is -2.13. The number of benzene rings is 2. The number of carbonyl (C=O) groups is 1. The molecule has 0 radical (unpaired) electrons. The molecule has 2 aromatic carbocycles. The first kappa shape index (κ1) is 22.1. The van der Waals surface area contributed by atoms with E-state index in [0.717, 1.165) is 5.56 Å². The molecule has 0 saturated carbocycles. The zero-order chi connectivity index (χ0) is 18.4. The third-order valence-corrected chi connectivity index (χ3v) is 5.13. The minimum absolute atomic E-state index is 0. The van der Waals surface area contributed by atoms with Gasteiger partial charge in [-0.2, -0.15) is 0 Å². The van der Waals surface area contributed by atoms with Gasteiger partial charge in [-0.15, -0.1) is 12.4 Å². The quantitative estimate of drug-likeness (QED) is 0.667. The van der Waals surface area contributed by atoms with Crippen LogP contribution in [0.2, 0.25) is 0 Å². The van der Waals surface area contributed by atoms with Crippen molar-refractivity contribution in [3.63, 3.8) is 0 Å². The largest absolute Gasteiger partial charge is 0.325 e. The van der Waals surface area contributed by atoms with Crippen molar-refractivity contribution in [2.24, 2.45) is 5.73 Å². The maximum Gasteiger partial charge on any atom is 0.241 e. The molecule has 0 bridgehead atoms. The number of nitrogens with two attached hydrogens (primary N) is 1. The molecule has 0 unspecified atom stereocenters. The third-order valence-electron chi connectivity index (χ3n) is 3.46. The molecule has 0 fully saturated rings. The van der Waals surface area contributed by atoms with Gasteiger partial charge in [0, 0.05) is 11.7 Å². The van der Waals surface area contributed by atoms with Crippen LogP contribution in [-0.4, -0.2) is 26.4 Å². The Balaban J connectivity index is 0.00000338. The normalized spacial score (nSPS) is 12.3. The predicted molar refractivity (Wildman–Crippen MR) is 106 cm³/mol. The molecule has 0 aliphatic rings. The fourth-order valence-electron chi connectivity index (χ4n) is 2.29. The van der Waals surface area contributed by atoms with Crippen LogP contribution in [0, 0.1) is 0 Å². The molecule has 26 heavy (non-hydrogen) atoms. The maximum absolute atomic E-state index is 12.2. The number of carbonyl (C=O) groups excluding carboxylic acids is 1. The first-order valence-corrected chi connectivity index (χ1v) is 9.49. The fraction of sp³-hybridized carbons (Fsp3) is 0.278. The van der Waals surface area contributed by atoms with Crippen molar-refractivity contribution in [3.05, 3.63) is 60.2 Å². The van der Waals surface area contributed by atoms with Crippen molar-refractivity contribution >= 4 is 34.0 Å². The van der Waals surface area contributed by atoms with Crippen molar-refractivity contribution in [2.75, 3.05) is 5.32 Å². The summed E-state index contributed by atoms with van der Waals surface area (Å²) in [6.07, 6.45) is 0.428. The van der Waals surface area contributed by atoms with Gasteiger partial charge < -0.3 is 11.1 Å². The molecule has 0 heterocycles. The second kappa shape index (κ2) is 9.68. The molecule has 2 aromatic rings. The van der Waals surface area contributed by atoms with E-state index in [9.17, 15) is 13.2 Å². The molecule has 2 rings (SSSR count). The van der Waals surface area contributed by atoms with E-state index in [4.69, 9.17) is 5.73 Å². The highest BCUT2D eigenvalue weighted by atomic mass is 35.5. The molecule has 0 aliphatic carbocycles. The minimum atomic E-state index is -3.55. The van der Waals surface area contributed by atoms with Crippen LogP contribution >= 0.6 is 12.4 Å². The Labute approximate surface area is 160 Å². The summed E-state index contributed by atoms with van der Waals surface area (Å²) in [5.41, 5.74) is 7.41. The van der Waals surface area contributed by atoms with Crippen LogP contribution < -0.4 is 15.8 Å². The summed E-state index contributed by atoms with van der Waals surface area (Å²) in [5, 5.41) is 2.70. The lowest BCUT2D eigenvalue weighted by Crippen LogP contribution is -2.37. The molecule has 6 nitrogen and oxygen atoms in total. The highest BCUT2D eigenvalue weighted by Gasteiger charge is 2.17. The lowest BCUT2D eigenvalue weighted by molar-refractivity contribution is -0.117. The van der Waals surface area contributed by atoms with Gasteiger partial charge in [0.2, 0.25) is 15.9 Å². The zero-order valence-corrected chi connectivity index (χ0v) is 16.3. The Morgan fingerprint density at radius 3 is 2.15 bits per heavy atom. The van der Waals surface area contributed by atoms with Gasteiger partial charge in [-0.05, 0) is 50.1 Å². The van der Waals surface area contributed by atoms with Crippen LogP contribution in [0.1, 0.15) is 19.4 Å². The van der Waals surface area contributed by atoms with E-state index in [1.165, 1.54) is 12.1 Å². The zero-order valence-electron chi connectivity index (χ0n) is 14.7. The summed E-state index contributed by atoms with van der Waals surface area (Å²) in [4.78, 5) is 12.3. The number of anilines is 1. The monoisotopic (exact) mass is 397 g/mol. The summed E-state index contributed by atoms with van der Waals surface area (Å²) >= 11 is 0. The Bertz CT molecular complexity index is 809. The van der Waals surface area contributed by atoms with Crippen molar-refractivity contribution < 1.29 is 13.2 Å². The number of amides is 1. The highest BCUT2D eigenvalue weighted by molar-refractivity contribution is 7.89. The maximum atomic E-state index is 12.2.